The molecule has 0 spiro atoms. The average molecular weight is 479 g/mol. The summed E-state index contributed by atoms with van der Waals surface area (Å²) < 4.78 is 39.1. The Morgan fingerprint density at radius 3 is 2.85 bits per heavy atom. The summed E-state index contributed by atoms with van der Waals surface area (Å²) in [5.74, 6) is 1.16. The lowest BCUT2D eigenvalue weighted by atomic mass is 9.92. The zero-order valence-electron chi connectivity index (χ0n) is 17.6. The van der Waals surface area contributed by atoms with E-state index in [9.17, 15) is 18.0 Å². The highest BCUT2D eigenvalue weighted by Crippen LogP contribution is 2.37. The first kappa shape index (κ1) is 21.8. The van der Waals surface area contributed by atoms with Crippen LogP contribution in [0.5, 0.6) is 0 Å². The minimum absolute atomic E-state index is 0.0388. The van der Waals surface area contributed by atoms with Crippen molar-refractivity contribution in [2.75, 3.05) is 36.4 Å². The molecule has 2 aromatic heterocycles. The van der Waals surface area contributed by atoms with Crippen LogP contribution in [0, 0.1) is 5.92 Å². The lowest BCUT2D eigenvalue weighted by Gasteiger charge is -2.39. The molecule has 3 aromatic rings. The first-order valence-electron chi connectivity index (χ1n) is 10.7. The number of carbonyl (C=O) groups excluding carboxylic acids is 1. The molecule has 1 aromatic carbocycles. The molecule has 2 N–H and O–H groups in total. The maximum Gasteiger partial charge on any atom is 0.416 e. The van der Waals surface area contributed by atoms with Gasteiger partial charge in [-0.05, 0) is 43.0 Å². The molecule has 0 aliphatic carbocycles. The number of rotatable bonds is 4. The Morgan fingerprint density at radius 1 is 1.21 bits per heavy atom. The highest BCUT2D eigenvalue weighted by molar-refractivity contribution is 6.31. The predicted molar refractivity (Wildman–Crippen MR) is 119 cm³/mol. The van der Waals surface area contributed by atoms with Crippen LogP contribution in [0.3, 0.4) is 0 Å². The first-order chi connectivity index (χ1) is 15.8. The van der Waals surface area contributed by atoms with Crippen LogP contribution in [-0.4, -0.2) is 58.0 Å². The molecule has 2 saturated heterocycles. The summed E-state index contributed by atoms with van der Waals surface area (Å²) >= 11 is 5.83. The number of benzene rings is 1. The van der Waals surface area contributed by atoms with Crippen LogP contribution in [0.2, 0.25) is 5.02 Å². The number of nitrogens with one attached hydrogen (secondary N) is 2. The van der Waals surface area contributed by atoms with Crippen molar-refractivity contribution in [1.82, 2.24) is 19.9 Å². The van der Waals surface area contributed by atoms with Crippen molar-refractivity contribution in [2.45, 2.75) is 25.1 Å². The molecule has 2 atom stereocenters. The van der Waals surface area contributed by atoms with Crippen LogP contribution < -0.4 is 10.2 Å². The number of H-pyrrole nitrogens is 1. The number of piperidine rings is 1. The van der Waals surface area contributed by atoms with Crippen molar-refractivity contribution in [3.05, 3.63) is 47.4 Å². The summed E-state index contributed by atoms with van der Waals surface area (Å²) in [6.07, 6.45) is 0.772. The Labute approximate surface area is 192 Å². The van der Waals surface area contributed by atoms with E-state index in [1.807, 2.05) is 12.3 Å². The molecular weight excluding hydrogens is 457 g/mol. The monoisotopic (exact) mass is 478 g/mol. The number of alkyl halides is 3. The van der Waals surface area contributed by atoms with Crippen LogP contribution in [0.4, 0.5) is 24.7 Å². The molecule has 11 heteroatoms. The van der Waals surface area contributed by atoms with E-state index in [1.54, 1.807) is 4.90 Å². The minimum atomic E-state index is -4.51. The van der Waals surface area contributed by atoms with Crippen LogP contribution in [0.15, 0.2) is 36.8 Å². The van der Waals surface area contributed by atoms with Gasteiger partial charge in [-0.1, -0.05) is 11.6 Å². The molecule has 33 heavy (non-hydrogen) atoms. The normalized spacial score (nSPS) is 20.8. The molecule has 4 heterocycles. The van der Waals surface area contributed by atoms with Gasteiger partial charge in [0.2, 0.25) is 5.91 Å². The molecule has 7 nitrogen and oxygen atoms in total. The number of aromatic amines is 1. The van der Waals surface area contributed by atoms with E-state index in [0.717, 1.165) is 48.4 Å². The molecule has 0 bridgehead atoms. The number of nitrogens with zero attached hydrogens (tertiary/aromatic N) is 4. The van der Waals surface area contributed by atoms with Gasteiger partial charge in [0.25, 0.3) is 0 Å². The van der Waals surface area contributed by atoms with Gasteiger partial charge in [0.15, 0.2) is 0 Å². The third-order valence-corrected chi connectivity index (χ3v) is 6.71. The minimum Gasteiger partial charge on any atom is -0.376 e. The lowest BCUT2D eigenvalue weighted by Crippen LogP contribution is -2.51. The Hall–Kier alpha value is -3.01. The van der Waals surface area contributed by atoms with E-state index in [-0.39, 0.29) is 29.2 Å². The van der Waals surface area contributed by atoms with Crippen molar-refractivity contribution in [2.24, 2.45) is 5.92 Å². The number of likely N-dealkylation sites (tertiary alicyclic amines) is 1. The number of hydrogen-bond donors (Lipinski definition) is 2. The van der Waals surface area contributed by atoms with Crippen molar-refractivity contribution in [3.63, 3.8) is 0 Å². The quantitative estimate of drug-likeness (QED) is 0.588. The molecule has 2 aliphatic rings. The highest BCUT2D eigenvalue weighted by Gasteiger charge is 2.40. The fraction of sp³-hybridized carbons (Fsp3) is 0.409. The van der Waals surface area contributed by atoms with E-state index in [1.165, 1.54) is 12.4 Å². The van der Waals surface area contributed by atoms with Crippen molar-refractivity contribution in [3.8, 4) is 0 Å². The van der Waals surface area contributed by atoms with Gasteiger partial charge < -0.3 is 20.1 Å². The summed E-state index contributed by atoms with van der Waals surface area (Å²) in [5.41, 5.74) is 0.0841. The standard InChI is InChI=1S/C22H22ClF3N6O/c23-15-7-14(22(24,25)26)8-16(9-15)28-10-19(33)31-5-2-13-3-6-32(18(13)11-31)21-17-1-4-27-20(17)29-12-30-21/h1,4,7-9,12-13,18,28H,2-3,5-6,10-11H2,(H,27,29,30). The number of halogens is 4. The van der Waals surface area contributed by atoms with Crippen molar-refractivity contribution >= 4 is 40.0 Å². The smallest absolute Gasteiger partial charge is 0.376 e. The fourth-order valence-corrected chi connectivity index (χ4v) is 5.10. The summed E-state index contributed by atoms with van der Waals surface area (Å²) in [4.78, 5) is 28.8. The average Bonchev–Trinajstić information content (AvgIpc) is 3.43. The largest absolute Gasteiger partial charge is 0.416 e. The van der Waals surface area contributed by atoms with E-state index in [0.29, 0.717) is 19.0 Å². The van der Waals surface area contributed by atoms with Crippen LogP contribution in [0.1, 0.15) is 18.4 Å². The Morgan fingerprint density at radius 2 is 2.03 bits per heavy atom. The van der Waals surface area contributed by atoms with Gasteiger partial charge in [-0.25, -0.2) is 9.97 Å². The number of carbonyl (C=O) groups is 1. The third-order valence-electron chi connectivity index (χ3n) is 6.49. The second-order valence-electron chi connectivity index (χ2n) is 8.46. The van der Waals surface area contributed by atoms with E-state index < -0.39 is 11.7 Å². The predicted octanol–water partition coefficient (Wildman–Crippen LogP) is 4.17. The van der Waals surface area contributed by atoms with Crippen LogP contribution >= 0.6 is 11.6 Å². The second-order valence-corrected chi connectivity index (χ2v) is 8.89. The first-order valence-corrected chi connectivity index (χ1v) is 11.1. The fourth-order valence-electron chi connectivity index (χ4n) is 4.86. The number of fused-ring (bicyclic) bond motifs is 2. The van der Waals surface area contributed by atoms with Crippen molar-refractivity contribution in [1.29, 1.82) is 0 Å². The van der Waals surface area contributed by atoms with Gasteiger partial charge in [-0.3, -0.25) is 4.79 Å². The molecule has 0 radical (unpaired) electrons. The van der Waals surface area contributed by atoms with Gasteiger partial charge >= 0.3 is 6.18 Å². The van der Waals surface area contributed by atoms with Gasteiger partial charge in [-0.15, -0.1) is 0 Å². The molecule has 2 fully saturated rings. The number of amides is 1. The van der Waals surface area contributed by atoms with E-state index in [4.69, 9.17) is 11.6 Å². The summed E-state index contributed by atoms with van der Waals surface area (Å²) in [6.45, 7) is 1.92. The number of aromatic nitrogens is 3. The molecule has 2 unspecified atom stereocenters. The summed E-state index contributed by atoms with van der Waals surface area (Å²) in [7, 11) is 0. The SMILES string of the molecule is O=C(CNc1cc(Cl)cc(C(F)(F)F)c1)N1CCC2CCN(c3ncnc4[nH]ccc34)C2C1. The Bertz CT molecular complexity index is 1180. The van der Waals surface area contributed by atoms with E-state index in [2.05, 4.69) is 25.2 Å². The molecule has 0 saturated carbocycles. The maximum atomic E-state index is 13.0. The number of anilines is 2. The maximum absolute atomic E-state index is 13.0. The molecule has 174 valence electrons. The molecular formula is C22H22ClF3N6O. The lowest BCUT2D eigenvalue weighted by molar-refractivity contribution is -0.137. The Balaban J connectivity index is 1.27. The zero-order chi connectivity index (χ0) is 23.2. The topological polar surface area (TPSA) is 77.2 Å². The van der Waals surface area contributed by atoms with Gasteiger partial charge in [0.1, 0.15) is 17.8 Å². The molecule has 5 rings (SSSR count). The third kappa shape index (κ3) is 4.31. The summed E-state index contributed by atoms with van der Waals surface area (Å²) in [6, 6.07) is 5.29. The molecule has 1 amide bonds. The van der Waals surface area contributed by atoms with E-state index >= 15 is 0 Å². The number of hydrogen-bond acceptors (Lipinski definition) is 5. The zero-order valence-corrected chi connectivity index (χ0v) is 18.3. The van der Waals surface area contributed by atoms with Gasteiger partial charge in [-0.2, -0.15) is 13.2 Å². The molecule has 2 aliphatic heterocycles. The summed E-state index contributed by atoms with van der Waals surface area (Å²) in [5, 5.41) is 3.71. The van der Waals surface area contributed by atoms with Gasteiger partial charge in [0, 0.05) is 36.5 Å². The van der Waals surface area contributed by atoms with Crippen LogP contribution in [0.25, 0.3) is 11.0 Å². The van der Waals surface area contributed by atoms with Crippen LogP contribution in [-0.2, 0) is 11.0 Å². The van der Waals surface area contributed by atoms with Crippen molar-refractivity contribution < 1.29 is 18.0 Å². The second kappa shape index (κ2) is 8.40. The van der Waals surface area contributed by atoms with Gasteiger partial charge in [0.05, 0.1) is 23.5 Å². The highest BCUT2D eigenvalue weighted by atomic mass is 35.5. The Kier molecular flexibility index (Phi) is 5.55.